The van der Waals surface area contributed by atoms with Crippen LogP contribution in [-0.4, -0.2) is 198 Å². The Morgan fingerprint density at radius 2 is 1.51 bits per heavy atom. The fourth-order valence-corrected chi connectivity index (χ4v) is 14.1. The van der Waals surface area contributed by atoms with Crippen LogP contribution < -0.4 is 55.7 Å². The van der Waals surface area contributed by atoms with Crippen molar-refractivity contribution in [3.8, 4) is 0 Å². The molecule has 0 spiro atoms. The number of Topliss-reactive ketones (excluding diaryl/α,β-unsaturated/α-hetero) is 5. The Hall–Kier alpha value is -9.59. The number of aliphatic imine (C=N–C) groups is 1. The zero-order valence-electron chi connectivity index (χ0n) is 56.5. The third-order valence-corrected chi connectivity index (χ3v) is 19.5. The molecular formula is C65H85F2N15O18S2. The van der Waals surface area contributed by atoms with Gasteiger partial charge in [-0.25, -0.2) is 18.7 Å². The van der Waals surface area contributed by atoms with Gasteiger partial charge in [0, 0.05) is 80.7 Å². The molecule has 33 nitrogen and oxygen atoms in total. The van der Waals surface area contributed by atoms with Gasteiger partial charge in [-0.05, 0) is 70.7 Å². The number of aliphatic carboxylic acids is 1. The van der Waals surface area contributed by atoms with Crippen molar-refractivity contribution < 1.29 is 95.6 Å². The molecule has 0 saturated carbocycles. The number of ketones is 5. The number of nitrogens with two attached hydrogens (primary N) is 6. The Morgan fingerprint density at radius 1 is 0.843 bits per heavy atom. The third kappa shape index (κ3) is 22.7. The van der Waals surface area contributed by atoms with Crippen molar-refractivity contribution >= 4 is 138 Å². The number of nitrogens with one attached hydrogen (secondary N) is 4. The number of carbonyl (C=O) groups excluding carboxylic acids is 13. The second kappa shape index (κ2) is 36.8. The second-order valence-corrected chi connectivity index (χ2v) is 28.1. The lowest BCUT2D eigenvalue weighted by molar-refractivity contribution is -0.160. The number of nitrogens with zero attached hydrogens (tertiary/aromatic N) is 5. The number of guanidine groups is 1. The molecule has 554 valence electrons. The van der Waals surface area contributed by atoms with Crippen LogP contribution in [0.4, 0.5) is 14.6 Å². The van der Waals surface area contributed by atoms with E-state index in [1.54, 1.807) is 43.5 Å². The average molecular weight is 1470 g/mol. The Bertz CT molecular complexity index is 3890. The van der Waals surface area contributed by atoms with Gasteiger partial charge in [-0.3, -0.25) is 72.1 Å². The molecule has 18 N–H and O–H groups in total. The number of aromatic nitrogens is 3. The third-order valence-electron chi connectivity index (χ3n) is 16.9. The highest BCUT2D eigenvalue weighted by Gasteiger charge is 2.50. The van der Waals surface area contributed by atoms with Gasteiger partial charge in [0.2, 0.25) is 41.4 Å². The predicted octanol–water partition coefficient (Wildman–Crippen LogP) is -1.03. The molecule has 102 heavy (non-hydrogen) atoms. The first-order valence-electron chi connectivity index (χ1n) is 32.4. The lowest BCUT2D eigenvalue weighted by Crippen LogP contribution is -2.57. The molecule has 2 fully saturated rings. The summed E-state index contributed by atoms with van der Waals surface area (Å²) in [4.78, 5) is 207. The Balaban J connectivity index is 1.28. The summed E-state index contributed by atoms with van der Waals surface area (Å²) < 4.78 is 42.1. The number of rotatable bonds is 25. The molecule has 9 atom stereocenters. The van der Waals surface area contributed by atoms with E-state index in [1.807, 2.05) is 6.07 Å². The van der Waals surface area contributed by atoms with E-state index in [2.05, 4.69) is 31.2 Å². The highest BCUT2D eigenvalue weighted by molar-refractivity contribution is 8.76. The number of hydrogen-bond acceptors (Lipinski definition) is 24. The van der Waals surface area contributed by atoms with Gasteiger partial charge in [0.05, 0.1) is 86.0 Å². The normalized spacial score (nSPS) is 21.4. The fourth-order valence-electron chi connectivity index (χ4n) is 11.7. The number of ether oxygens (including phenoxy) is 2. The Labute approximate surface area is 591 Å². The molecule has 0 bridgehead atoms. The van der Waals surface area contributed by atoms with Crippen molar-refractivity contribution in [3.05, 3.63) is 65.5 Å². The van der Waals surface area contributed by atoms with Crippen LogP contribution >= 0.6 is 21.6 Å². The molecule has 6 rings (SSSR count). The topological polar surface area (TPSA) is 548 Å². The van der Waals surface area contributed by atoms with Crippen LogP contribution in [0.2, 0.25) is 0 Å². The molecular weight excluding hydrogens is 1380 g/mol. The number of esters is 1. The maximum Gasteiger partial charge on any atom is 0.306 e. The molecule has 37 heteroatoms. The number of aliphatic hydroxyl groups excluding tert-OH is 1. The molecule has 4 heterocycles. The average Bonchev–Trinajstić information content (AvgIpc) is 1.57. The first-order chi connectivity index (χ1) is 48.0. The molecule has 0 radical (unpaired) electrons. The smallest absolute Gasteiger partial charge is 0.306 e. The van der Waals surface area contributed by atoms with Gasteiger partial charge in [0.25, 0.3) is 0 Å². The number of carboxylic acids is 1. The number of benzene rings is 2. The summed E-state index contributed by atoms with van der Waals surface area (Å²) in [6, 6.07) is 2.70. The summed E-state index contributed by atoms with van der Waals surface area (Å²) in [6.45, 7) is 3.76. The molecule has 2 aliphatic rings. The largest absolute Gasteiger partial charge is 0.481 e. The van der Waals surface area contributed by atoms with Gasteiger partial charge in [-0.15, -0.1) is 0 Å². The fraction of sp³-hybridized carbons (Fsp3) is 0.523. The standard InChI is InChI=1S/C65H85F2N15O18S2/c1-5-99-28-50-80-54-55(40-9-6-7-10-42(40)77-57(54)70)82(50)31-64(2,3)100-53(92)13-12-48(87)65(4,62(71)98)56(93)43(11-8-14-74-63(72)73)78-60(96)35-20-47(86)44(24-49(69)88)79-61(97)45-23-39(84)27-81(45)51(89)26-76-58(94)33(15-32-16-36(66)22-37(67)17-32)18-38(83)25-75-59(95)34(21-52(90)91)19-46(85)41(68)30-102-101-29-35/h6-7,9-10,16-17,22,33-35,39,41,43-45,84H,5,8,11-15,18-21,23-31,68H2,1-4H3,(H2,69,88)(H2,70,77)(H2,71,98)(H,75,95)(H,76,94)(H,78,96)(H,79,97)(H,90,91)(H4,72,73,74)/t33-,34+,35+,39?,41+,43-,44-,45?,65?/m0/s1. The van der Waals surface area contributed by atoms with E-state index in [0.29, 0.717) is 40.4 Å². The summed E-state index contributed by atoms with van der Waals surface area (Å²) >= 11 is 0. The molecule has 2 aliphatic heterocycles. The van der Waals surface area contributed by atoms with E-state index in [9.17, 15) is 86.1 Å². The van der Waals surface area contributed by atoms with Crippen molar-refractivity contribution in [1.82, 2.24) is 40.7 Å². The number of amides is 7. The van der Waals surface area contributed by atoms with Crippen LogP contribution in [0.3, 0.4) is 0 Å². The first-order valence-corrected chi connectivity index (χ1v) is 34.9. The summed E-state index contributed by atoms with van der Waals surface area (Å²) in [7, 11) is 1.66. The molecule has 2 saturated heterocycles. The number of pyridine rings is 1. The number of nitrogen functional groups attached to an aromatic ring is 1. The van der Waals surface area contributed by atoms with Crippen LogP contribution in [0.5, 0.6) is 0 Å². The maximum absolute atomic E-state index is 15.0. The molecule has 0 aliphatic carbocycles. The van der Waals surface area contributed by atoms with E-state index < -0.39 is 242 Å². The molecule has 3 unspecified atom stereocenters. The van der Waals surface area contributed by atoms with Crippen LogP contribution in [0.15, 0.2) is 47.5 Å². The number of primary amides is 2. The predicted molar refractivity (Wildman–Crippen MR) is 366 cm³/mol. The van der Waals surface area contributed by atoms with E-state index in [-0.39, 0.29) is 49.2 Å². The van der Waals surface area contributed by atoms with Gasteiger partial charge in [-0.2, -0.15) is 0 Å². The van der Waals surface area contributed by atoms with E-state index >= 15 is 0 Å². The number of carbonyl (C=O) groups is 14. The van der Waals surface area contributed by atoms with Crippen molar-refractivity contribution in [1.29, 1.82) is 0 Å². The monoisotopic (exact) mass is 1470 g/mol. The lowest BCUT2D eigenvalue weighted by Gasteiger charge is -2.30. The van der Waals surface area contributed by atoms with Crippen molar-refractivity contribution in [2.45, 2.75) is 147 Å². The highest BCUT2D eigenvalue weighted by Crippen LogP contribution is 2.33. The number of para-hydroxylation sites is 1. The minimum absolute atomic E-state index is 0.0227. The minimum atomic E-state index is -2.79. The zero-order chi connectivity index (χ0) is 75.5. The van der Waals surface area contributed by atoms with Crippen molar-refractivity contribution in [3.63, 3.8) is 0 Å². The summed E-state index contributed by atoms with van der Waals surface area (Å²) in [5.74, 6) is -23.2. The highest BCUT2D eigenvalue weighted by atomic mass is 33.1. The maximum atomic E-state index is 15.0. The summed E-state index contributed by atoms with van der Waals surface area (Å²) in [6.07, 6.45) is -8.71. The molecule has 2 aromatic carbocycles. The number of anilines is 1. The lowest BCUT2D eigenvalue weighted by atomic mass is 9.75. The van der Waals surface area contributed by atoms with Crippen molar-refractivity contribution in [2.75, 3.05) is 50.0 Å². The summed E-state index contributed by atoms with van der Waals surface area (Å²) in [5, 5.41) is 30.6. The van der Waals surface area contributed by atoms with Gasteiger partial charge in [0.15, 0.2) is 46.1 Å². The molecule has 4 aromatic rings. The van der Waals surface area contributed by atoms with E-state index in [0.717, 1.165) is 45.5 Å². The summed E-state index contributed by atoms with van der Waals surface area (Å²) in [5.41, 5.74) is 32.5. The van der Waals surface area contributed by atoms with E-state index in [4.69, 9.17) is 48.9 Å². The second-order valence-electron chi connectivity index (χ2n) is 25.5. The number of aliphatic hydroxyl groups is 1. The van der Waals surface area contributed by atoms with Crippen LogP contribution in [0.1, 0.15) is 103 Å². The van der Waals surface area contributed by atoms with Gasteiger partial charge in [0.1, 0.15) is 41.2 Å². The Morgan fingerprint density at radius 3 is 2.17 bits per heavy atom. The van der Waals surface area contributed by atoms with Crippen LogP contribution in [0.25, 0.3) is 21.9 Å². The number of carboxylic acid groups (broad SMARTS) is 1. The van der Waals surface area contributed by atoms with Gasteiger partial charge >= 0.3 is 11.9 Å². The molecule has 2 aromatic heterocycles. The van der Waals surface area contributed by atoms with Crippen molar-refractivity contribution in [2.24, 2.45) is 56.8 Å². The van der Waals surface area contributed by atoms with Gasteiger partial charge in [-0.1, -0.05) is 39.8 Å². The first kappa shape index (κ1) is 81.4. The number of hydrogen-bond donors (Lipinski definition) is 12. The Kier molecular flexibility index (Phi) is 29.4. The number of fused-ring (bicyclic) bond motifs is 4. The quantitative estimate of drug-likeness (QED) is 0.00943. The minimum Gasteiger partial charge on any atom is -0.481 e. The zero-order valence-corrected chi connectivity index (χ0v) is 58.1. The number of imidazole rings is 1. The van der Waals surface area contributed by atoms with E-state index in [1.165, 1.54) is 0 Å². The SMILES string of the molecule is CCOCc1nc2c(N)nc3ccccc3c2n1CC(C)(C)OC(=O)CCC(=O)C(C)(C(N)=O)C(=O)[C@H](CCCN=C(N)N)NC(=O)[C@H]1CSSC[C@@H](N)C(=O)C[C@H](CC(=O)O)C(=O)NCC(=O)C[C@H](Cc2cc(F)cc(F)c2)C(=O)NCC(=O)N2CC(O)CC2C(=O)N[C@@H](CC(N)=O)C(=O)C1. The van der Waals surface area contributed by atoms with Crippen LogP contribution in [0, 0.1) is 34.8 Å². The number of halogens is 2. The van der Waals surface area contributed by atoms with Crippen LogP contribution in [-0.2, 0) is 96.2 Å². The van der Waals surface area contributed by atoms with Gasteiger partial charge < -0.3 is 84.8 Å². The molecule has 7 amide bonds.